The molecule has 1 N–H and O–H groups in total. The van der Waals surface area contributed by atoms with Crippen LogP contribution in [0, 0.1) is 12.8 Å². The molecule has 0 amide bonds. The number of thiazole rings is 1. The van der Waals surface area contributed by atoms with Crippen LogP contribution in [0.2, 0.25) is 0 Å². The van der Waals surface area contributed by atoms with Crippen LogP contribution in [0.15, 0.2) is 16.2 Å². The summed E-state index contributed by atoms with van der Waals surface area (Å²) in [5, 5.41) is 11.2. The van der Waals surface area contributed by atoms with Crippen molar-refractivity contribution in [2.24, 2.45) is 5.92 Å². The van der Waals surface area contributed by atoms with Gasteiger partial charge in [-0.05, 0) is 32.2 Å². The molecule has 1 aliphatic heterocycles. The van der Waals surface area contributed by atoms with Crippen molar-refractivity contribution in [2.75, 3.05) is 19.7 Å². The Bertz CT molecular complexity index is 664. The van der Waals surface area contributed by atoms with E-state index in [1.54, 1.807) is 10.5 Å². The van der Waals surface area contributed by atoms with Gasteiger partial charge in [0.15, 0.2) is 4.96 Å². The summed E-state index contributed by atoms with van der Waals surface area (Å²) < 4.78 is 1.65. The standard InChI is InChI=1S/C14H19N3O2S/c1-10-9-20-14-15-12(5-13(19)17(10)14)7-16-4-2-3-11(6-16)8-18/h5,9,11,18H,2-4,6-8H2,1H3. The molecule has 0 aromatic carbocycles. The maximum absolute atomic E-state index is 12.1. The molecule has 6 heteroatoms. The lowest BCUT2D eigenvalue weighted by Gasteiger charge is -2.31. The highest BCUT2D eigenvalue weighted by atomic mass is 32.1. The Labute approximate surface area is 121 Å². The Morgan fingerprint density at radius 3 is 3.20 bits per heavy atom. The second kappa shape index (κ2) is 5.63. The van der Waals surface area contributed by atoms with Crippen LogP contribution in [0.25, 0.3) is 4.96 Å². The van der Waals surface area contributed by atoms with Gasteiger partial charge in [-0.15, -0.1) is 11.3 Å². The van der Waals surface area contributed by atoms with Crippen LogP contribution in [-0.4, -0.2) is 39.1 Å². The smallest absolute Gasteiger partial charge is 0.259 e. The number of rotatable bonds is 3. The number of aromatic nitrogens is 2. The van der Waals surface area contributed by atoms with Crippen LogP contribution in [0.5, 0.6) is 0 Å². The van der Waals surface area contributed by atoms with E-state index in [1.807, 2.05) is 12.3 Å². The van der Waals surface area contributed by atoms with Gasteiger partial charge >= 0.3 is 0 Å². The molecule has 20 heavy (non-hydrogen) atoms. The molecule has 0 bridgehead atoms. The number of fused-ring (bicyclic) bond motifs is 1. The van der Waals surface area contributed by atoms with Gasteiger partial charge < -0.3 is 5.11 Å². The number of hydrogen-bond acceptors (Lipinski definition) is 5. The van der Waals surface area contributed by atoms with Crippen molar-refractivity contribution in [1.82, 2.24) is 14.3 Å². The summed E-state index contributed by atoms with van der Waals surface area (Å²) in [6.07, 6.45) is 2.19. The molecule has 0 radical (unpaired) electrons. The fourth-order valence-electron chi connectivity index (χ4n) is 2.85. The summed E-state index contributed by atoms with van der Waals surface area (Å²) in [4.78, 5) is 19.7. The molecule has 3 rings (SSSR count). The van der Waals surface area contributed by atoms with Crippen LogP contribution in [0.4, 0.5) is 0 Å². The van der Waals surface area contributed by atoms with E-state index in [0.717, 1.165) is 42.3 Å². The van der Waals surface area contributed by atoms with Gasteiger partial charge in [0.05, 0.1) is 5.69 Å². The van der Waals surface area contributed by atoms with Crippen molar-refractivity contribution in [3.05, 3.63) is 33.2 Å². The van der Waals surface area contributed by atoms with Crippen molar-refractivity contribution in [3.63, 3.8) is 0 Å². The fourth-order valence-corrected chi connectivity index (χ4v) is 3.75. The maximum atomic E-state index is 12.1. The quantitative estimate of drug-likeness (QED) is 0.926. The molecule has 3 heterocycles. The van der Waals surface area contributed by atoms with E-state index in [2.05, 4.69) is 9.88 Å². The molecule has 108 valence electrons. The summed E-state index contributed by atoms with van der Waals surface area (Å²) in [5.74, 6) is 0.359. The Morgan fingerprint density at radius 2 is 2.40 bits per heavy atom. The van der Waals surface area contributed by atoms with E-state index in [-0.39, 0.29) is 12.2 Å². The number of piperidine rings is 1. The molecule has 0 saturated carbocycles. The summed E-state index contributed by atoms with van der Waals surface area (Å²) in [5.41, 5.74) is 1.77. The maximum Gasteiger partial charge on any atom is 0.259 e. The second-order valence-electron chi connectivity index (χ2n) is 5.51. The average molecular weight is 293 g/mol. The normalized spacial score (nSPS) is 20.6. The molecule has 1 saturated heterocycles. The molecule has 1 aliphatic rings. The van der Waals surface area contributed by atoms with Gasteiger partial charge in [0.2, 0.25) is 0 Å². The third-order valence-corrected chi connectivity index (χ3v) is 4.82. The number of aliphatic hydroxyl groups excluding tert-OH is 1. The minimum absolute atomic E-state index is 0.000493. The third-order valence-electron chi connectivity index (χ3n) is 3.88. The van der Waals surface area contributed by atoms with Gasteiger partial charge in [0.1, 0.15) is 0 Å². The molecule has 1 unspecified atom stereocenters. The topological polar surface area (TPSA) is 57.8 Å². The number of aliphatic hydroxyl groups is 1. The van der Waals surface area contributed by atoms with Gasteiger partial charge in [0.25, 0.3) is 5.56 Å². The highest BCUT2D eigenvalue weighted by Gasteiger charge is 2.20. The Kier molecular flexibility index (Phi) is 3.87. The molecule has 1 fully saturated rings. The summed E-state index contributed by atoms with van der Waals surface area (Å²) in [7, 11) is 0. The molecule has 5 nitrogen and oxygen atoms in total. The van der Waals surface area contributed by atoms with Crippen LogP contribution in [-0.2, 0) is 6.54 Å². The lowest BCUT2D eigenvalue weighted by molar-refractivity contribution is 0.115. The van der Waals surface area contributed by atoms with Crippen LogP contribution >= 0.6 is 11.3 Å². The van der Waals surface area contributed by atoms with Crippen molar-refractivity contribution >= 4 is 16.3 Å². The largest absolute Gasteiger partial charge is 0.396 e. The minimum atomic E-state index is -0.000493. The SMILES string of the molecule is Cc1csc2nc(CN3CCCC(CO)C3)cc(=O)n12. The zero-order valence-corrected chi connectivity index (χ0v) is 12.4. The zero-order valence-electron chi connectivity index (χ0n) is 11.6. The Hall–Kier alpha value is -1.24. The molecule has 1 atom stereocenters. The van der Waals surface area contributed by atoms with E-state index in [0.29, 0.717) is 12.5 Å². The number of likely N-dealkylation sites (tertiary alicyclic amines) is 1. The Morgan fingerprint density at radius 1 is 1.55 bits per heavy atom. The monoisotopic (exact) mass is 293 g/mol. The van der Waals surface area contributed by atoms with Gasteiger partial charge in [-0.25, -0.2) is 4.98 Å². The van der Waals surface area contributed by atoms with E-state index < -0.39 is 0 Å². The lowest BCUT2D eigenvalue weighted by Crippen LogP contribution is -2.36. The first-order valence-corrected chi connectivity index (χ1v) is 7.85. The second-order valence-corrected chi connectivity index (χ2v) is 6.34. The van der Waals surface area contributed by atoms with Crippen LogP contribution < -0.4 is 5.56 Å². The van der Waals surface area contributed by atoms with Crippen LogP contribution in [0.3, 0.4) is 0 Å². The van der Waals surface area contributed by atoms with Crippen molar-refractivity contribution < 1.29 is 5.11 Å². The lowest BCUT2D eigenvalue weighted by atomic mass is 9.99. The third kappa shape index (κ3) is 2.63. The van der Waals surface area contributed by atoms with Crippen molar-refractivity contribution in [2.45, 2.75) is 26.3 Å². The van der Waals surface area contributed by atoms with E-state index in [1.165, 1.54) is 11.3 Å². The number of aryl methyl sites for hydroxylation is 1. The highest BCUT2D eigenvalue weighted by molar-refractivity contribution is 7.15. The van der Waals surface area contributed by atoms with Gasteiger partial charge in [-0.1, -0.05) is 0 Å². The molecular weight excluding hydrogens is 274 g/mol. The number of hydrogen-bond donors (Lipinski definition) is 1. The average Bonchev–Trinajstić information content (AvgIpc) is 2.81. The van der Waals surface area contributed by atoms with Gasteiger partial charge in [0, 0.05) is 36.8 Å². The molecule has 2 aromatic rings. The van der Waals surface area contributed by atoms with Gasteiger partial charge in [-0.3, -0.25) is 14.1 Å². The first-order valence-electron chi connectivity index (χ1n) is 6.97. The van der Waals surface area contributed by atoms with Crippen molar-refractivity contribution in [1.29, 1.82) is 0 Å². The first kappa shape index (κ1) is 13.7. The predicted molar refractivity (Wildman–Crippen MR) is 79.2 cm³/mol. The summed E-state index contributed by atoms with van der Waals surface area (Å²) in [6, 6.07) is 1.63. The number of nitrogens with zero attached hydrogens (tertiary/aromatic N) is 3. The van der Waals surface area contributed by atoms with Crippen LogP contribution in [0.1, 0.15) is 24.2 Å². The molecular formula is C14H19N3O2S. The van der Waals surface area contributed by atoms with E-state index in [4.69, 9.17) is 0 Å². The van der Waals surface area contributed by atoms with E-state index in [9.17, 15) is 9.90 Å². The van der Waals surface area contributed by atoms with E-state index >= 15 is 0 Å². The Balaban J connectivity index is 1.82. The van der Waals surface area contributed by atoms with Gasteiger partial charge in [-0.2, -0.15) is 0 Å². The minimum Gasteiger partial charge on any atom is -0.396 e. The van der Waals surface area contributed by atoms with Crippen molar-refractivity contribution in [3.8, 4) is 0 Å². The molecule has 0 aliphatic carbocycles. The first-order chi connectivity index (χ1) is 9.67. The fraction of sp³-hybridized carbons (Fsp3) is 0.571. The summed E-state index contributed by atoms with van der Waals surface area (Å²) in [6.45, 7) is 4.76. The highest BCUT2D eigenvalue weighted by Crippen LogP contribution is 2.18. The molecule has 0 spiro atoms. The molecule has 2 aromatic heterocycles. The zero-order chi connectivity index (χ0) is 14.1. The summed E-state index contributed by atoms with van der Waals surface area (Å²) >= 11 is 1.50. The predicted octanol–water partition coefficient (Wildman–Crippen LogP) is 1.27.